The lowest BCUT2D eigenvalue weighted by molar-refractivity contribution is 0.163. The first kappa shape index (κ1) is 15.2. The van der Waals surface area contributed by atoms with Crippen molar-refractivity contribution in [2.75, 3.05) is 0 Å². The van der Waals surface area contributed by atoms with Crippen LogP contribution in [0.15, 0.2) is 18.2 Å². The first-order chi connectivity index (χ1) is 8.63. The van der Waals surface area contributed by atoms with Crippen LogP contribution >= 0.6 is 0 Å². The smallest absolute Gasteiger partial charge is 0.0790 e. The second-order valence-electron chi connectivity index (χ2n) is 5.49. The maximum Gasteiger partial charge on any atom is 0.0790 e. The van der Waals surface area contributed by atoms with Crippen LogP contribution in [0.4, 0.5) is 0 Å². The Hall–Kier alpha value is -0.820. The Balaban J connectivity index is 2.29. The van der Waals surface area contributed by atoms with Crippen LogP contribution in [0, 0.1) is 13.8 Å². The Bertz CT molecular complexity index is 323. The summed E-state index contributed by atoms with van der Waals surface area (Å²) < 4.78 is 0. The number of hydrogen-bond acceptors (Lipinski definition) is 1. The lowest BCUT2D eigenvalue weighted by atomic mass is 9.99. The van der Waals surface area contributed by atoms with Crippen LogP contribution in [0.25, 0.3) is 0 Å². The Kier molecular flexibility index (Phi) is 7.04. The van der Waals surface area contributed by atoms with Crippen molar-refractivity contribution in [2.45, 2.75) is 71.8 Å². The third-order valence-corrected chi connectivity index (χ3v) is 3.46. The van der Waals surface area contributed by atoms with E-state index in [9.17, 15) is 5.11 Å². The quantitative estimate of drug-likeness (QED) is 0.635. The van der Waals surface area contributed by atoms with Crippen LogP contribution in [0.3, 0.4) is 0 Å². The molecule has 1 aromatic carbocycles. The maximum atomic E-state index is 10.2. The zero-order valence-corrected chi connectivity index (χ0v) is 12.2. The molecule has 1 atom stereocenters. The molecule has 0 aliphatic heterocycles. The summed E-state index contributed by atoms with van der Waals surface area (Å²) >= 11 is 0. The molecule has 1 aromatic rings. The van der Waals surface area contributed by atoms with E-state index in [1.165, 1.54) is 43.2 Å². The van der Waals surface area contributed by atoms with Gasteiger partial charge in [-0.3, -0.25) is 0 Å². The van der Waals surface area contributed by atoms with Gasteiger partial charge in [0.2, 0.25) is 0 Å². The van der Waals surface area contributed by atoms with E-state index in [2.05, 4.69) is 39.0 Å². The van der Waals surface area contributed by atoms with Crippen LogP contribution in [0.2, 0.25) is 0 Å². The Morgan fingerprint density at radius 2 is 1.44 bits per heavy atom. The first-order valence-corrected chi connectivity index (χ1v) is 7.39. The van der Waals surface area contributed by atoms with Crippen molar-refractivity contribution in [1.82, 2.24) is 0 Å². The maximum absolute atomic E-state index is 10.2. The van der Waals surface area contributed by atoms with E-state index in [4.69, 9.17) is 0 Å². The molecule has 0 aliphatic rings. The summed E-state index contributed by atoms with van der Waals surface area (Å²) in [5, 5.41) is 10.2. The van der Waals surface area contributed by atoms with Crippen molar-refractivity contribution >= 4 is 0 Å². The molecular weight excluding hydrogens is 220 g/mol. The number of aliphatic hydroxyl groups is 1. The van der Waals surface area contributed by atoms with Gasteiger partial charge in [0.25, 0.3) is 0 Å². The highest BCUT2D eigenvalue weighted by molar-refractivity contribution is 5.29. The molecule has 0 bridgehead atoms. The third-order valence-electron chi connectivity index (χ3n) is 3.46. The second-order valence-corrected chi connectivity index (χ2v) is 5.49. The molecule has 0 amide bonds. The van der Waals surface area contributed by atoms with E-state index in [1.807, 2.05) is 0 Å². The fourth-order valence-corrected chi connectivity index (χ4v) is 2.49. The van der Waals surface area contributed by atoms with E-state index >= 15 is 0 Å². The largest absolute Gasteiger partial charge is 0.388 e. The minimum absolute atomic E-state index is 0.283. The average molecular weight is 248 g/mol. The minimum atomic E-state index is -0.283. The molecule has 0 saturated carbocycles. The second kappa shape index (κ2) is 8.31. The van der Waals surface area contributed by atoms with E-state index in [0.717, 1.165) is 18.4 Å². The van der Waals surface area contributed by atoms with Gasteiger partial charge in [0.15, 0.2) is 0 Å². The summed E-state index contributed by atoms with van der Waals surface area (Å²) in [5.41, 5.74) is 3.57. The summed E-state index contributed by atoms with van der Waals surface area (Å²) in [6, 6.07) is 6.37. The van der Waals surface area contributed by atoms with E-state index in [-0.39, 0.29) is 6.10 Å². The predicted octanol–water partition coefficient (Wildman–Crippen LogP) is 5.09. The molecule has 0 aliphatic carbocycles. The Morgan fingerprint density at radius 1 is 0.889 bits per heavy atom. The molecule has 0 radical (unpaired) electrons. The zero-order valence-electron chi connectivity index (χ0n) is 12.2. The lowest BCUT2D eigenvalue weighted by Gasteiger charge is -2.12. The molecule has 0 saturated heterocycles. The Labute approximate surface area is 112 Å². The summed E-state index contributed by atoms with van der Waals surface area (Å²) in [6.45, 7) is 6.42. The summed E-state index contributed by atoms with van der Waals surface area (Å²) in [5.74, 6) is 0. The third kappa shape index (κ3) is 5.68. The molecule has 1 nitrogen and oxygen atoms in total. The van der Waals surface area contributed by atoms with Gasteiger partial charge in [-0.25, -0.2) is 0 Å². The van der Waals surface area contributed by atoms with Crippen molar-refractivity contribution in [1.29, 1.82) is 0 Å². The topological polar surface area (TPSA) is 20.2 Å². The van der Waals surface area contributed by atoms with Gasteiger partial charge >= 0.3 is 0 Å². The van der Waals surface area contributed by atoms with Gasteiger partial charge in [-0.2, -0.15) is 0 Å². The molecule has 0 heterocycles. The van der Waals surface area contributed by atoms with Gasteiger partial charge in [0.05, 0.1) is 6.10 Å². The van der Waals surface area contributed by atoms with Crippen LogP contribution in [-0.2, 0) is 0 Å². The van der Waals surface area contributed by atoms with Gasteiger partial charge in [-0.15, -0.1) is 0 Å². The van der Waals surface area contributed by atoms with Gasteiger partial charge < -0.3 is 5.11 Å². The molecule has 1 heteroatoms. The standard InChI is InChI=1S/C17H28O/c1-4-5-6-7-8-9-10-17(18)16-12-14(2)11-15(3)13-16/h11-13,17-18H,4-10H2,1-3H3. The predicted molar refractivity (Wildman–Crippen MR) is 78.9 cm³/mol. The highest BCUT2D eigenvalue weighted by atomic mass is 16.3. The van der Waals surface area contributed by atoms with Crippen molar-refractivity contribution < 1.29 is 5.11 Å². The van der Waals surface area contributed by atoms with Gasteiger partial charge in [-0.1, -0.05) is 74.8 Å². The summed E-state index contributed by atoms with van der Waals surface area (Å²) in [7, 11) is 0. The molecule has 0 fully saturated rings. The normalized spacial score (nSPS) is 12.7. The van der Waals surface area contributed by atoms with E-state index in [0.29, 0.717) is 0 Å². The molecular formula is C17H28O. The Morgan fingerprint density at radius 3 is 2.06 bits per heavy atom. The van der Waals surface area contributed by atoms with Crippen LogP contribution in [0.1, 0.15) is 74.7 Å². The van der Waals surface area contributed by atoms with E-state index in [1.54, 1.807) is 0 Å². The molecule has 0 aromatic heterocycles. The number of aliphatic hydroxyl groups excluding tert-OH is 1. The highest BCUT2D eigenvalue weighted by Gasteiger charge is 2.07. The van der Waals surface area contributed by atoms with Gasteiger partial charge in [0, 0.05) is 0 Å². The minimum Gasteiger partial charge on any atom is -0.388 e. The van der Waals surface area contributed by atoms with E-state index < -0.39 is 0 Å². The fourth-order valence-electron chi connectivity index (χ4n) is 2.49. The number of hydrogen-bond donors (Lipinski definition) is 1. The van der Waals surface area contributed by atoms with Crippen molar-refractivity contribution in [2.24, 2.45) is 0 Å². The fraction of sp³-hybridized carbons (Fsp3) is 0.647. The SMILES string of the molecule is CCCCCCCCC(O)c1cc(C)cc(C)c1. The van der Waals surface area contributed by atoms with Crippen LogP contribution < -0.4 is 0 Å². The van der Waals surface area contributed by atoms with Crippen LogP contribution in [-0.4, -0.2) is 5.11 Å². The van der Waals surface area contributed by atoms with Gasteiger partial charge in [0.1, 0.15) is 0 Å². The number of benzene rings is 1. The average Bonchev–Trinajstić information content (AvgIpc) is 2.32. The van der Waals surface area contributed by atoms with Crippen molar-refractivity contribution in [3.8, 4) is 0 Å². The molecule has 18 heavy (non-hydrogen) atoms. The number of aryl methyl sites for hydroxylation is 2. The van der Waals surface area contributed by atoms with Gasteiger partial charge in [-0.05, 0) is 25.8 Å². The highest BCUT2D eigenvalue weighted by Crippen LogP contribution is 2.22. The van der Waals surface area contributed by atoms with Crippen molar-refractivity contribution in [3.63, 3.8) is 0 Å². The number of unbranched alkanes of at least 4 members (excludes halogenated alkanes) is 5. The van der Waals surface area contributed by atoms with Crippen LogP contribution in [0.5, 0.6) is 0 Å². The summed E-state index contributed by atoms with van der Waals surface area (Å²) in [6.07, 6.45) is 8.30. The number of rotatable bonds is 8. The van der Waals surface area contributed by atoms with Crippen molar-refractivity contribution in [3.05, 3.63) is 34.9 Å². The molecule has 102 valence electrons. The first-order valence-electron chi connectivity index (χ1n) is 7.39. The zero-order chi connectivity index (χ0) is 13.4. The monoisotopic (exact) mass is 248 g/mol. The lowest BCUT2D eigenvalue weighted by Crippen LogP contribution is -1.98. The molecule has 1 N–H and O–H groups in total. The molecule has 0 spiro atoms. The summed E-state index contributed by atoms with van der Waals surface area (Å²) in [4.78, 5) is 0. The molecule has 1 unspecified atom stereocenters. The molecule has 1 rings (SSSR count).